The molecule has 2 aromatic rings. The van der Waals surface area contributed by atoms with Crippen LogP contribution in [0.5, 0.6) is 0 Å². The van der Waals surface area contributed by atoms with Gasteiger partial charge < -0.3 is 16.7 Å². The second-order valence-corrected chi connectivity index (χ2v) is 2.06. The van der Waals surface area contributed by atoms with Gasteiger partial charge in [-0.2, -0.15) is 9.50 Å². The van der Waals surface area contributed by atoms with Gasteiger partial charge in [-0.15, -0.1) is 4.85 Å². The van der Waals surface area contributed by atoms with Crippen LogP contribution >= 0.6 is 0 Å². The van der Waals surface area contributed by atoms with Gasteiger partial charge in [0.1, 0.15) is 0 Å². The van der Waals surface area contributed by atoms with Gasteiger partial charge in [0.2, 0.25) is 11.6 Å². The highest BCUT2D eigenvalue weighted by Crippen LogP contribution is 2.12. The molecule has 0 aliphatic carbocycles. The van der Waals surface area contributed by atoms with Crippen LogP contribution in [0.1, 0.15) is 0 Å². The van der Waals surface area contributed by atoms with Crippen LogP contribution in [0.4, 0.5) is 11.8 Å². The molecule has 7 heteroatoms. The maximum atomic E-state index is 9.05. The molecule has 0 aliphatic heterocycles. The number of nitrogens with zero attached hydrogens (tertiary/aromatic N) is 4. The number of nitrogens with two attached hydrogens (primary N) is 2. The number of aromatic nitrogens is 4. The van der Waals surface area contributed by atoms with Gasteiger partial charge >= 0.3 is 0 Å². The summed E-state index contributed by atoms with van der Waals surface area (Å²) >= 11 is 0. The van der Waals surface area contributed by atoms with Crippen molar-refractivity contribution in [3.63, 3.8) is 0 Å². The second kappa shape index (κ2) is 1.57. The highest BCUT2D eigenvalue weighted by atomic mass is 16.5. The molecule has 0 radical (unpaired) electrons. The number of hydrogen-bond donors (Lipinski definition) is 3. The quantitative estimate of drug-likeness (QED) is 0.419. The molecule has 11 heavy (non-hydrogen) atoms. The number of fused-ring (bicyclic) bond motifs is 1. The predicted molar refractivity (Wildman–Crippen MR) is 37.0 cm³/mol. The molecule has 2 heterocycles. The van der Waals surface area contributed by atoms with Crippen molar-refractivity contribution in [3.05, 3.63) is 6.33 Å². The molecule has 0 amide bonds. The Morgan fingerprint density at radius 1 is 1.45 bits per heavy atom. The van der Waals surface area contributed by atoms with Gasteiger partial charge in [-0.05, 0) is 0 Å². The molecule has 0 atom stereocenters. The van der Waals surface area contributed by atoms with E-state index >= 15 is 0 Å². The predicted octanol–water partition coefficient (Wildman–Crippen LogP) is -1.07. The maximum Gasteiger partial charge on any atom is 0.226 e. The molecule has 7 nitrogen and oxygen atoms in total. The van der Waals surface area contributed by atoms with Crippen LogP contribution in [0.25, 0.3) is 5.65 Å². The highest BCUT2D eigenvalue weighted by Gasteiger charge is 2.09. The topological polar surface area (TPSA) is 107 Å². The molecular weight excluding hydrogens is 148 g/mol. The lowest BCUT2D eigenvalue weighted by molar-refractivity contribution is 0.137. The third kappa shape index (κ3) is 0.561. The van der Waals surface area contributed by atoms with Gasteiger partial charge in [0.05, 0.1) is 0 Å². The minimum Gasteiger partial charge on any atom is -0.411 e. The Morgan fingerprint density at radius 3 is 2.82 bits per heavy atom. The summed E-state index contributed by atoms with van der Waals surface area (Å²) in [6.45, 7) is 0. The average molecular weight is 154 g/mol. The van der Waals surface area contributed by atoms with E-state index in [1.54, 1.807) is 0 Å². The summed E-state index contributed by atoms with van der Waals surface area (Å²) in [6.07, 6.45) is 1.18. The zero-order valence-corrected chi connectivity index (χ0v) is 5.47. The SMILES string of the molecule is Nc1nc(N)n2c1ncn2O. The third-order valence-electron chi connectivity index (χ3n) is 1.37. The lowest BCUT2D eigenvalue weighted by atomic mass is 10.7. The normalized spacial score (nSPS) is 10.9. The molecule has 2 rings (SSSR count). The molecule has 0 saturated heterocycles. The number of nitrogen functional groups attached to an aromatic ring is 2. The molecule has 0 spiro atoms. The molecule has 0 fully saturated rings. The fourth-order valence-electron chi connectivity index (χ4n) is 0.919. The molecule has 0 aliphatic rings. The number of imidazole rings is 1. The van der Waals surface area contributed by atoms with Crippen molar-refractivity contribution in [3.8, 4) is 0 Å². The van der Waals surface area contributed by atoms with E-state index in [1.165, 1.54) is 10.8 Å². The van der Waals surface area contributed by atoms with E-state index in [2.05, 4.69) is 9.97 Å². The Hall–Kier alpha value is -1.92. The van der Waals surface area contributed by atoms with Gasteiger partial charge in [-0.1, -0.05) is 0 Å². The summed E-state index contributed by atoms with van der Waals surface area (Å²) in [5, 5.41) is 9.05. The number of hydrogen-bond acceptors (Lipinski definition) is 5. The van der Waals surface area contributed by atoms with Gasteiger partial charge in [0.15, 0.2) is 12.1 Å². The van der Waals surface area contributed by atoms with Crippen LogP contribution in [-0.2, 0) is 0 Å². The van der Waals surface area contributed by atoms with E-state index in [0.29, 0.717) is 10.5 Å². The first-order valence-electron chi connectivity index (χ1n) is 2.86. The van der Waals surface area contributed by atoms with Crippen LogP contribution in [0.3, 0.4) is 0 Å². The number of anilines is 2. The Bertz CT molecular complexity index is 400. The number of rotatable bonds is 0. The van der Waals surface area contributed by atoms with Crippen molar-refractivity contribution in [1.29, 1.82) is 0 Å². The van der Waals surface area contributed by atoms with Crippen LogP contribution in [-0.4, -0.2) is 24.5 Å². The van der Waals surface area contributed by atoms with Crippen LogP contribution in [0.2, 0.25) is 0 Å². The molecule has 2 aromatic heterocycles. The second-order valence-electron chi connectivity index (χ2n) is 2.06. The van der Waals surface area contributed by atoms with Crippen LogP contribution < -0.4 is 11.5 Å². The summed E-state index contributed by atoms with van der Waals surface area (Å²) in [5.74, 6) is 0.313. The van der Waals surface area contributed by atoms with Crippen molar-refractivity contribution in [2.45, 2.75) is 0 Å². The summed E-state index contributed by atoms with van der Waals surface area (Å²) in [6, 6.07) is 0. The standard InChI is InChI=1S/C4H6N6O/c5-2-3-7-1-9(11)10(3)4(6)8-2/h1,11H,5H2,(H2,6,8). The van der Waals surface area contributed by atoms with Crippen LogP contribution in [0, 0.1) is 0 Å². The zero-order valence-electron chi connectivity index (χ0n) is 5.47. The Labute approximate surface area is 60.8 Å². The van der Waals surface area contributed by atoms with E-state index < -0.39 is 0 Å². The molecule has 0 unspecified atom stereocenters. The minimum absolute atomic E-state index is 0.109. The van der Waals surface area contributed by atoms with Crippen molar-refractivity contribution in [2.75, 3.05) is 11.5 Å². The van der Waals surface area contributed by atoms with Gasteiger partial charge in [-0.3, -0.25) is 0 Å². The average Bonchev–Trinajstić information content (AvgIpc) is 2.41. The lowest BCUT2D eigenvalue weighted by Crippen LogP contribution is -2.03. The van der Waals surface area contributed by atoms with Crippen molar-refractivity contribution >= 4 is 17.4 Å². The third-order valence-corrected chi connectivity index (χ3v) is 1.37. The highest BCUT2D eigenvalue weighted by molar-refractivity contribution is 5.63. The summed E-state index contributed by atoms with van der Waals surface area (Å²) in [4.78, 5) is 8.15. The van der Waals surface area contributed by atoms with E-state index in [9.17, 15) is 0 Å². The largest absolute Gasteiger partial charge is 0.411 e. The Balaban J connectivity index is 2.98. The lowest BCUT2D eigenvalue weighted by Gasteiger charge is -1.91. The van der Waals surface area contributed by atoms with E-state index in [1.807, 2.05) is 0 Å². The van der Waals surface area contributed by atoms with E-state index in [4.69, 9.17) is 16.7 Å². The van der Waals surface area contributed by atoms with Crippen molar-refractivity contribution < 1.29 is 5.21 Å². The zero-order chi connectivity index (χ0) is 8.01. The first-order chi connectivity index (χ1) is 5.20. The van der Waals surface area contributed by atoms with Gasteiger partial charge in [-0.25, -0.2) is 4.98 Å². The fourth-order valence-corrected chi connectivity index (χ4v) is 0.919. The summed E-state index contributed by atoms with van der Waals surface area (Å²) in [5.41, 5.74) is 11.1. The summed E-state index contributed by atoms with van der Waals surface area (Å²) in [7, 11) is 0. The fraction of sp³-hybridized carbons (Fsp3) is 0. The summed E-state index contributed by atoms with van der Waals surface area (Å²) < 4.78 is 1.19. The van der Waals surface area contributed by atoms with Crippen LogP contribution in [0.15, 0.2) is 6.33 Å². The van der Waals surface area contributed by atoms with Crippen molar-refractivity contribution in [2.24, 2.45) is 0 Å². The van der Waals surface area contributed by atoms with E-state index in [0.717, 1.165) is 0 Å². The Morgan fingerprint density at radius 2 is 2.18 bits per heavy atom. The molecule has 5 N–H and O–H groups in total. The monoisotopic (exact) mass is 154 g/mol. The van der Waals surface area contributed by atoms with Gasteiger partial charge in [0, 0.05) is 0 Å². The molecular formula is C4H6N6O. The molecule has 0 saturated carbocycles. The maximum absolute atomic E-state index is 9.05. The smallest absolute Gasteiger partial charge is 0.226 e. The minimum atomic E-state index is 0.109. The van der Waals surface area contributed by atoms with Gasteiger partial charge in [0.25, 0.3) is 0 Å². The van der Waals surface area contributed by atoms with Crippen molar-refractivity contribution in [1.82, 2.24) is 19.3 Å². The molecule has 0 bridgehead atoms. The van der Waals surface area contributed by atoms with E-state index in [-0.39, 0.29) is 11.8 Å². The Kier molecular flexibility index (Phi) is 0.831. The first-order valence-corrected chi connectivity index (χ1v) is 2.86. The molecule has 58 valence electrons. The first kappa shape index (κ1) is 5.83. The molecule has 0 aromatic carbocycles.